The molecule has 2 aromatic carbocycles. The molecule has 0 bridgehead atoms. The topological polar surface area (TPSA) is 87.9 Å². The van der Waals surface area contributed by atoms with Crippen LogP contribution in [-0.2, 0) is 0 Å². The second-order valence-corrected chi connectivity index (χ2v) is 4.65. The van der Waals surface area contributed by atoms with Crippen molar-refractivity contribution in [3.8, 4) is 23.0 Å². The van der Waals surface area contributed by atoms with Gasteiger partial charge >= 0.3 is 5.69 Å². The third kappa shape index (κ3) is 3.76. The van der Waals surface area contributed by atoms with Gasteiger partial charge in [-0.2, -0.15) is 0 Å². The van der Waals surface area contributed by atoms with Crippen molar-refractivity contribution in [2.75, 3.05) is 14.2 Å². The molecule has 0 atom stereocenters. The molecule has 0 heterocycles. The molecule has 0 spiro atoms. The van der Waals surface area contributed by atoms with Crippen LogP contribution in [-0.4, -0.2) is 24.9 Å². The Morgan fingerprint density at radius 2 is 1.57 bits per heavy atom. The Hall–Kier alpha value is -3.09. The number of nitro groups is 1. The Morgan fingerprint density at radius 3 is 2.04 bits per heavy atom. The Morgan fingerprint density at radius 1 is 1.00 bits per heavy atom. The van der Waals surface area contributed by atoms with Crippen LogP contribution in [0.2, 0.25) is 0 Å². The van der Waals surface area contributed by atoms with E-state index in [2.05, 4.69) is 0 Å². The Kier molecular flexibility index (Phi) is 4.80. The lowest BCUT2D eigenvalue weighted by atomic mass is 10.1. The maximum atomic E-state index is 11.4. The van der Waals surface area contributed by atoms with Gasteiger partial charge in [0.1, 0.15) is 17.2 Å². The number of methoxy groups -OCH3 is 2. The van der Waals surface area contributed by atoms with Gasteiger partial charge in [0.2, 0.25) is 5.75 Å². The average molecular weight is 317 g/mol. The first-order chi connectivity index (χ1) is 10.9. The molecule has 2 aromatic rings. The van der Waals surface area contributed by atoms with Gasteiger partial charge in [-0.1, -0.05) is 0 Å². The largest absolute Gasteiger partial charge is 0.496 e. The summed E-state index contributed by atoms with van der Waals surface area (Å²) in [4.78, 5) is 22.0. The lowest BCUT2D eigenvalue weighted by Crippen LogP contribution is -1.98. The molecule has 0 fully saturated rings. The molecule has 7 nitrogen and oxygen atoms in total. The van der Waals surface area contributed by atoms with E-state index in [0.717, 1.165) is 0 Å². The van der Waals surface area contributed by atoms with Crippen molar-refractivity contribution in [1.82, 2.24) is 0 Å². The quantitative estimate of drug-likeness (QED) is 0.459. The molecule has 0 unspecified atom stereocenters. The molecule has 0 aliphatic carbocycles. The monoisotopic (exact) mass is 317 g/mol. The summed E-state index contributed by atoms with van der Waals surface area (Å²) >= 11 is 0. The minimum atomic E-state index is -0.598. The highest BCUT2D eigenvalue weighted by molar-refractivity contribution is 5.95. The van der Waals surface area contributed by atoms with E-state index in [9.17, 15) is 14.9 Å². The van der Waals surface area contributed by atoms with Gasteiger partial charge in [-0.05, 0) is 19.1 Å². The highest BCUT2D eigenvalue weighted by Crippen LogP contribution is 2.35. The number of hydrogen-bond acceptors (Lipinski definition) is 6. The summed E-state index contributed by atoms with van der Waals surface area (Å²) in [6.45, 7) is 1.34. The highest BCUT2D eigenvalue weighted by Gasteiger charge is 2.18. The van der Waals surface area contributed by atoms with Crippen molar-refractivity contribution >= 4 is 11.5 Å². The Balaban J connectivity index is 2.43. The van der Waals surface area contributed by atoms with Crippen LogP contribution >= 0.6 is 0 Å². The predicted molar refractivity (Wildman–Crippen MR) is 82.7 cm³/mol. The number of nitrogens with zero attached hydrogens (tertiary/aromatic N) is 1. The number of rotatable bonds is 6. The molecule has 2 rings (SSSR count). The molecule has 0 saturated heterocycles. The van der Waals surface area contributed by atoms with Crippen molar-refractivity contribution in [3.63, 3.8) is 0 Å². The molecule has 0 N–H and O–H groups in total. The molecule has 120 valence electrons. The maximum absolute atomic E-state index is 11.4. The standard InChI is InChI=1S/C16H15NO6/c1-10(18)11-4-5-16(15(6-11)17(19)20)23-14-8-12(21-2)7-13(9-14)22-3/h4-9H,1-3H3. The van der Waals surface area contributed by atoms with Crippen LogP contribution < -0.4 is 14.2 Å². The van der Waals surface area contributed by atoms with Crippen LogP contribution in [0.25, 0.3) is 0 Å². The molecular formula is C16H15NO6. The first-order valence-electron chi connectivity index (χ1n) is 6.65. The molecular weight excluding hydrogens is 302 g/mol. The number of nitro benzene ring substituents is 1. The van der Waals surface area contributed by atoms with Crippen LogP contribution in [0, 0.1) is 10.1 Å². The minimum absolute atomic E-state index is 0.0234. The highest BCUT2D eigenvalue weighted by atomic mass is 16.6. The number of ketones is 1. The van der Waals surface area contributed by atoms with Crippen molar-refractivity contribution in [2.24, 2.45) is 0 Å². The van der Waals surface area contributed by atoms with E-state index < -0.39 is 4.92 Å². The Bertz CT molecular complexity index is 734. The second kappa shape index (κ2) is 6.78. The summed E-state index contributed by atoms with van der Waals surface area (Å²) in [5.74, 6) is 1.06. The van der Waals surface area contributed by atoms with Crippen LogP contribution in [0.4, 0.5) is 5.69 Å². The molecule has 0 radical (unpaired) electrons. The fraction of sp³-hybridized carbons (Fsp3) is 0.188. The molecule has 7 heteroatoms. The van der Waals surface area contributed by atoms with Crippen molar-refractivity contribution < 1.29 is 23.9 Å². The zero-order valence-corrected chi connectivity index (χ0v) is 12.9. The summed E-state index contributed by atoms with van der Waals surface area (Å²) in [6.07, 6.45) is 0. The van der Waals surface area contributed by atoms with E-state index in [0.29, 0.717) is 17.2 Å². The number of benzene rings is 2. The average Bonchev–Trinajstić information content (AvgIpc) is 2.54. The molecule has 23 heavy (non-hydrogen) atoms. The van der Waals surface area contributed by atoms with Crippen molar-refractivity contribution in [2.45, 2.75) is 6.92 Å². The van der Waals surface area contributed by atoms with E-state index in [1.165, 1.54) is 39.3 Å². The number of carbonyl (C=O) groups excluding carboxylic acids is 1. The van der Waals surface area contributed by atoms with Crippen LogP contribution in [0.5, 0.6) is 23.0 Å². The van der Waals surface area contributed by atoms with Gasteiger partial charge in [-0.3, -0.25) is 14.9 Å². The Labute approximate surface area is 132 Å². The SMILES string of the molecule is COc1cc(OC)cc(Oc2ccc(C(C)=O)cc2[N+](=O)[O-])c1. The maximum Gasteiger partial charge on any atom is 0.312 e. The number of hydrogen-bond donors (Lipinski definition) is 0. The van der Waals surface area contributed by atoms with E-state index in [4.69, 9.17) is 14.2 Å². The fourth-order valence-corrected chi connectivity index (χ4v) is 1.93. The van der Waals surface area contributed by atoms with Gasteiger partial charge < -0.3 is 14.2 Å². The van der Waals surface area contributed by atoms with Gasteiger partial charge in [0.05, 0.1) is 19.1 Å². The van der Waals surface area contributed by atoms with Gasteiger partial charge in [0.15, 0.2) is 5.78 Å². The zero-order valence-electron chi connectivity index (χ0n) is 12.9. The first kappa shape index (κ1) is 16.3. The lowest BCUT2D eigenvalue weighted by molar-refractivity contribution is -0.385. The number of carbonyl (C=O) groups is 1. The molecule has 0 aliphatic heterocycles. The van der Waals surface area contributed by atoms with Crippen molar-refractivity contribution in [3.05, 3.63) is 52.1 Å². The zero-order chi connectivity index (χ0) is 17.0. The molecule has 0 aliphatic rings. The lowest BCUT2D eigenvalue weighted by Gasteiger charge is -2.10. The van der Waals surface area contributed by atoms with Crippen LogP contribution in [0.15, 0.2) is 36.4 Å². The summed E-state index contributed by atoms with van der Waals surface area (Å²) < 4.78 is 15.8. The second-order valence-electron chi connectivity index (χ2n) is 4.65. The van der Waals surface area contributed by atoms with Crippen molar-refractivity contribution in [1.29, 1.82) is 0 Å². The third-order valence-electron chi connectivity index (χ3n) is 3.11. The van der Waals surface area contributed by atoms with E-state index in [1.54, 1.807) is 18.2 Å². The summed E-state index contributed by atoms with van der Waals surface area (Å²) in [7, 11) is 2.98. The fourth-order valence-electron chi connectivity index (χ4n) is 1.93. The van der Waals surface area contributed by atoms with E-state index in [1.807, 2.05) is 0 Å². The van der Waals surface area contributed by atoms with Gasteiger partial charge in [-0.15, -0.1) is 0 Å². The summed E-state index contributed by atoms with van der Waals surface area (Å²) in [6, 6.07) is 8.86. The molecule has 0 amide bonds. The smallest absolute Gasteiger partial charge is 0.312 e. The molecule has 0 aromatic heterocycles. The van der Waals surface area contributed by atoms with Gasteiger partial charge in [0.25, 0.3) is 0 Å². The van der Waals surface area contributed by atoms with Gasteiger partial charge in [-0.25, -0.2) is 0 Å². The summed E-state index contributed by atoms with van der Waals surface area (Å²) in [5, 5.41) is 11.2. The van der Waals surface area contributed by atoms with Gasteiger partial charge in [0, 0.05) is 29.8 Å². The molecule has 0 saturated carbocycles. The van der Waals surface area contributed by atoms with Crippen LogP contribution in [0.1, 0.15) is 17.3 Å². The first-order valence-corrected chi connectivity index (χ1v) is 6.65. The number of ether oxygens (including phenoxy) is 3. The number of Topliss-reactive ketones (excluding diaryl/α,β-unsaturated/α-hetero) is 1. The minimum Gasteiger partial charge on any atom is -0.496 e. The predicted octanol–water partition coefficient (Wildman–Crippen LogP) is 3.61. The normalized spacial score (nSPS) is 10.0. The van der Waals surface area contributed by atoms with E-state index in [-0.39, 0.29) is 22.8 Å². The van der Waals surface area contributed by atoms with E-state index >= 15 is 0 Å². The third-order valence-corrected chi connectivity index (χ3v) is 3.11. The summed E-state index contributed by atoms with van der Waals surface area (Å²) in [5.41, 5.74) is -0.0493. The van der Waals surface area contributed by atoms with Crippen LogP contribution in [0.3, 0.4) is 0 Å².